The van der Waals surface area contributed by atoms with E-state index in [9.17, 15) is 0 Å². The highest BCUT2D eigenvalue weighted by atomic mass is 32.2. The van der Waals surface area contributed by atoms with E-state index in [-0.39, 0.29) is 0 Å². The molecule has 78 valence electrons. The lowest BCUT2D eigenvalue weighted by Gasteiger charge is -1.94. The zero-order valence-corrected chi connectivity index (χ0v) is 9.14. The average Bonchev–Trinajstić information content (AvgIpc) is 2.92. The van der Waals surface area contributed by atoms with Crippen LogP contribution in [0.15, 0.2) is 4.52 Å². The number of aryl methyl sites for hydroxylation is 1. The average molecular weight is 213 g/mol. The lowest BCUT2D eigenvalue weighted by atomic mass is 10.5. The summed E-state index contributed by atoms with van der Waals surface area (Å²) in [6, 6.07) is 0.697. The molecule has 1 saturated carbocycles. The molecule has 4 nitrogen and oxygen atoms in total. The van der Waals surface area contributed by atoms with Crippen LogP contribution in [0, 0.1) is 0 Å². The van der Waals surface area contributed by atoms with Gasteiger partial charge in [-0.05, 0) is 19.1 Å². The van der Waals surface area contributed by atoms with Gasteiger partial charge >= 0.3 is 0 Å². The molecule has 1 heterocycles. The summed E-state index contributed by atoms with van der Waals surface area (Å²) in [6.45, 7) is 0.743. The molecule has 14 heavy (non-hydrogen) atoms. The van der Waals surface area contributed by atoms with E-state index in [4.69, 9.17) is 4.52 Å². The van der Waals surface area contributed by atoms with Crippen molar-refractivity contribution < 1.29 is 4.52 Å². The highest BCUT2D eigenvalue weighted by Gasteiger charge is 2.20. The maximum absolute atomic E-state index is 5.10. The van der Waals surface area contributed by atoms with Crippen LogP contribution in [-0.4, -0.2) is 28.2 Å². The Bertz CT molecular complexity index is 285. The number of nitrogens with zero attached hydrogens (tertiary/aromatic N) is 2. The predicted octanol–water partition coefficient (Wildman–Crippen LogP) is 1.23. The monoisotopic (exact) mass is 213 g/mol. The van der Waals surface area contributed by atoms with Crippen molar-refractivity contribution in [2.24, 2.45) is 0 Å². The lowest BCUT2D eigenvalue weighted by molar-refractivity contribution is 0.375. The Balaban J connectivity index is 1.76. The van der Waals surface area contributed by atoms with Gasteiger partial charge in [-0.2, -0.15) is 16.7 Å². The topological polar surface area (TPSA) is 51.0 Å². The minimum Gasteiger partial charge on any atom is -0.339 e. The van der Waals surface area contributed by atoms with E-state index >= 15 is 0 Å². The van der Waals surface area contributed by atoms with E-state index in [1.807, 2.05) is 0 Å². The molecule has 0 aliphatic heterocycles. The molecule has 1 aromatic heterocycles. The predicted molar refractivity (Wildman–Crippen MR) is 56.2 cm³/mol. The minimum atomic E-state index is 0.697. The number of nitrogens with one attached hydrogen (secondary N) is 1. The van der Waals surface area contributed by atoms with Crippen molar-refractivity contribution in [2.75, 3.05) is 12.0 Å². The second-order valence-corrected chi connectivity index (χ2v) is 4.49. The van der Waals surface area contributed by atoms with E-state index in [1.54, 1.807) is 11.8 Å². The van der Waals surface area contributed by atoms with E-state index in [2.05, 4.69) is 21.7 Å². The Morgan fingerprint density at radius 2 is 2.43 bits per heavy atom. The maximum atomic E-state index is 5.10. The first kappa shape index (κ1) is 9.98. The van der Waals surface area contributed by atoms with Crippen molar-refractivity contribution in [1.82, 2.24) is 15.5 Å². The van der Waals surface area contributed by atoms with Gasteiger partial charge in [-0.3, -0.25) is 0 Å². The molecule has 0 amide bonds. The first-order valence-corrected chi connectivity index (χ1v) is 6.31. The second-order valence-electron chi connectivity index (χ2n) is 3.50. The van der Waals surface area contributed by atoms with Crippen molar-refractivity contribution in [2.45, 2.75) is 31.8 Å². The van der Waals surface area contributed by atoms with Crippen LogP contribution in [0.4, 0.5) is 0 Å². The maximum Gasteiger partial charge on any atom is 0.227 e. The summed E-state index contributed by atoms with van der Waals surface area (Å²) in [7, 11) is 0. The number of hydrogen-bond acceptors (Lipinski definition) is 5. The van der Waals surface area contributed by atoms with Gasteiger partial charge in [0.15, 0.2) is 5.82 Å². The molecule has 1 fully saturated rings. The molecule has 1 aliphatic carbocycles. The number of thioether (sulfide) groups is 1. The van der Waals surface area contributed by atoms with Crippen LogP contribution in [0.1, 0.15) is 24.6 Å². The van der Waals surface area contributed by atoms with Crippen LogP contribution in [0.3, 0.4) is 0 Å². The first-order chi connectivity index (χ1) is 6.88. The van der Waals surface area contributed by atoms with Crippen LogP contribution in [-0.2, 0) is 13.0 Å². The number of rotatable bonds is 6. The zero-order chi connectivity index (χ0) is 9.80. The van der Waals surface area contributed by atoms with Crippen molar-refractivity contribution in [3.05, 3.63) is 11.7 Å². The summed E-state index contributed by atoms with van der Waals surface area (Å²) < 4.78 is 5.10. The zero-order valence-electron chi connectivity index (χ0n) is 8.32. The molecule has 1 aromatic rings. The van der Waals surface area contributed by atoms with Crippen LogP contribution in [0.2, 0.25) is 0 Å². The van der Waals surface area contributed by atoms with Gasteiger partial charge < -0.3 is 9.84 Å². The Morgan fingerprint density at radius 3 is 3.14 bits per heavy atom. The third-order valence-corrected chi connectivity index (χ3v) is 2.77. The quantitative estimate of drug-likeness (QED) is 0.770. The molecule has 0 bridgehead atoms. The van der Waals surface area contributed by atoms with Gasteiger partial charge in [0.05, 0.1) is 6.54 Å². The summed E-state index contributed by atoms with van der Waals surface area (Å²) in [5.74, 6) is 2.58. The molecule has 2 rings (SSSR count). The van der Waals surface area contributed by atoms with Gasteiger partial charge in [-0.1, -0.05) is 5.16 Å². The van der Waals surface area contributed by atoms with Gasteiger partial charge in [-0.25, -0.2) is 0 Å². The summed E-state index contributed by atoms with van der Waals surface area (Å²) in [4.78, 5) is 4.29. The Labute approximate surface area is 87.8 Å². The molecular weight excluding hydrogens is 198 g/mol. The summed E-state index contributed by atoms with van der Waals surface area (Å²) in [6.07, 6.45) is 5.53. The Kier molecular flexibility index (Phi) is 3.42. The van der Waals surface area contributed by atoms with E-state index in [0.717, 1.165) is 30.4 Å². The minimum absolute atomic E-state index is 0.697. The molecule has 0 saturated heterocycles. The molecule has 0 radical (unpaired) electrons. The van der Waals surface area contributed by atoms with Crippen LogP contribution in [0.5, 0.6) is 0 Å². The van der Waals surface area contributed by atoms with Crippen molar-refractivity contribution in [1.29, 1.82) is 0 Å². The van der Waals surface area contributed by atoms with Gasteiger partial charge in [-0.15, -0.1) is 0 Å². The van der Waals surface area contributed by atoms with Gasteiger partial charge in [0, 0.05) is 18.2 Å². The fourth-order valence-corrected chi connectivity index (χ4v) is 1.55. The molecule has 5 heteroatoms. The lowest BCUT2D eigenvalue weighted by Crippen LogP contribution is -2.16. The molecular formula is C9H15N3OS. The first-order valence-electron chi connectivity index (χ1n) is 4.92. The highest BCUT2D eigenvalue weighted by molar-refractivity contribution is 7.98. The normalized spacial score (nSPS) is 16.1. The van der Waals surface area contributed by atoms with Crippen LogP contribution < -0.4 is 5.32 Å². The van der Waals surface area contributed by atoms with E-state index < -0.39 is 0 Å². The van der Waals surface area contributed by atoms with E-state index in [0.29, 0.717) is 6.04 Å². The van der Waals surface area contributed by atoms with Gasteiger partial charge in [0.25, 0.3) is 0 Å². The molecule has 0 spiro atoms. The smallest absolute Gasteiger partial charge is 0.227 e. The largest absolute Gasteiger partial charge is 0.339 e. The molecule has 1 aliphatic rings. The summed E-state index contributed by atoms with van der Waals surface area (Å²) >= 11 is 1.79. The van der Waals surface area contributed by atoms with Gasteiger partial charge in [0.1, 0.15) is 0 Å². The van der Waals surface area contributed by atoms with Crippen molar-refractivity contribution in [3.63, 3.8) is 0 Å². The third-order valence-electron chi connectivity index (χ3n) is 2.16. The summed E-state index contributed by atoms with van der Waals surface area (Å²) in [5.41, 5.74) is 0. The third kappa shape index (κ3) is 2.99. The SMILES string of the molecule is CSCCc1nc(CNC2CC2)no1. The Morgan fingerprint density at radius 1 is 1.57 bits per heavy atom. The number of aromatic nitrogens is 2. The fraction of sp³-hybridized carbons (Fsp3) is 0.778. The summed E-state index contributed by atoms with van der Waals surface area (Å²) in [5, 5.41) is 7.26. The van der Waals surface area contributed by atoms with E-state index in [1.165, 1.54) is 12.8 Å². The molecule has 0 atom stereocenters. The Hall–Kier alpha value is -0.550. The molecule has 1 N–H and O–H groups in total. The number of hydrogen-bond donors (Lipinski definition) is 1. The second kappa shape index (κ2) is 4.79. The standard InChI is InChI=1S/C9H15N3OS/c1-14-5-4-9-11-8(12-13-9)6-10-7-2-3-7/h7,10H,2-6H2,1H3. The molecule has 0 unspecified atom stereocenters. The highest BCUT2D eigenvalue weighted by Crippen LogP contribution is 2.18. The van der Waals surface area contributed by atoms with Gasteiger partial charge in [0.2, 0.25) is 5.89 Å². The fourth-order valence-electron chi connectivity index (χ4n) is 1.18. The van der Waals surface area contributed by atoms with Crippen molar-refractivity contribution in [3.8, 4) is 0 Å². The van der Waals surface area contributed by atoms with Crippen LogP contribution >= 0.6 is 11.8 Å². The molecule has 0 aromatic carbocycles. The van der Waals surface area contributed by atoms with Crippen molar-refractivity contribution >= 4 is 11.8 Å². The van der Waals surface area contributed by atoms with Crippen LogP contribution in [0.25, 0.3) is 0 Å².